The summed E-state index contributed by atoms with van der Waals surface area (Å²) in [5, 5.41) is 0.549. The van der Waals surface area contributed by atoms with E-state index in [1.54, 1.807) is 0 Å². The highest BCUT2D eigenvalue weighted by Gasteiger charge is 1.57. The summed E-state index contributed by atoms with van der Waals surface area (Å²) in [5.41, 5.74) is 0. The molecule has 0 aliphatic carbocycles. The first-order chi connectivity index (χ1) is 1.91. The van der Waals surface area contributed by atoms with E-state index in [-0.39, 0.29) is 8.46 Å². The molecule has 0 spiro atoms. The molecule has 0 radical (unpaired) electrons. The highest BCUT2D eigenvalue weighted by atomic mass is 79.9. The molecule has 24 valence electrons. The fraction of sp³-hybridized carbons (Fsp3) is 1.00. The highest BCUT2D eigenvalue weighted by molar-refractivity contribution is 9.10. The molecule has 0 saturated heterocycles. The first-order valence-corrected chi connectivity index (χ1v) is 2.89. The van der Waals surface area contributed by atoms with Crippen LogP contribution < -0.4 is 0 Å². The normalized spacial score (nSPS) is 8.25. The van der Waals surface area contributed by atoms with Gasteiger partial charge in [-0.1, -0.05) is 15.9 Å². The van der Waals surface area contributed by atoms with Crippen molar-refractivity contribution in [3.05, 3.63) is 0 Å². The number of hydrogen-bond acceptors (Lipinski definition) is 1. The van der Waals surface area contributed by atoms with E-state index in [1.807, 2.05) is 0 Å². The van der Waals surface area contributed by atoms with E-state index in [4.69, 9.17) is 0 Å². The summed E-state index contributed by atoms with van der Waals surface area (Å²) in [5.74, 6) is 0. The number of hydrogen-bond donors (Lipinski definition) is 0. The van der Waals surface area contributed by atoms with E-state index in [9.17, 15) is 4.57 Å². The van der Waals surface area contributed by atoms with Gasteiger partial charge in [-0.05, 0) is 0 Å². The maximum atomic E-state index is 9.22. The van der Waals surface area contributed by atoms with Crippen LogP contribution in [-0.4, -0.2) is 5.07 Å². The molecule has 0 saturated carbocycles. The second-order valence-electron chi connectivity index (χ2n) is 0.249. The molecule has 0 atom stereocenters. The monoisotopic (exact) mass is 140 g/mol. The van der Waals surface area contributed by atoms with Gasteiger partial charge >= 0.3 is 0 Å². The summed E-state index contributed by atoms with van der Waals surface area (Å²) < 4.78 is 9.22. The molecule has 0 aromatic rings. The minimum atomic E-state index is 0.165. The van der Waals surface area contributed by atoms with Crippen LogP contribution in [0.1, 0.15) is 0 Å². The van der Waals surface area contributed by atoms with Gasteiger partial charge in [-0.25, -0.2) is 0 Å². The van der Waals surface area contributed by atoms with E-state index >= 15 is 0 Å². The van der Waals surface area contributed by atoms with Crippen LogP contribution in [0.5, 0.6) is 0 Å². The molecule has 0 fully saturated rings. The quantitative estimate of drug-likeness (QED) is 0.400. The van der Waals surface area contributed by atoms with Crippen LogP contribution >= 0.6 is 24.4 Å². The average molecular weight is 141 g/mol. The second-order valence-corrected chi connectivity index (χ2v) is 2.25. The average Bonchev–Trinajstić information content (AvgIpc) is 1.37. The Labute approximate surface area is 34.7 Å². The fourth-order valence-electron chi connectivity index (χ4n) is 0. The van der Waals surface area contributed by atoms with Crippen molar-refractivity contribution in [3.8, 4) is 0 Å². The predicted octanol–water partition coefficient (Wildman–Crippen LogP) is 1.63. The SMILES string of the molecule is O=PCBr. The maximum Gasteiger partial charge on any atom is 0.166 e. The van der Waals surface area contributed by atoms with Crippen LogP contribution in [0, 0.1) is 0 Å². The number of rotatable bonds is 1. The molecule has 0 aromatic heterocycles. The summed E-state index contributed by atoms with van der Waals surface area (Å²) in [6, 6.07) is 0. The van der Waals surface area contributed by atoms with Crippen molar-refractivity contribution >= 4 is 24.4 Å². The van der Waals surface area contributed by atoms with E-state index in [0.29, 0.717) is 5.07 Å². The minimum absolute atomic E-state index is 0.165. The molecule has 3 heteroatoms. The van der Waals surface area contributed by atoms with Gasteiger partial charge in [-0.2, -0.15) is 0 Å². The maximum absolute atomic E-state index is 9.22. The third kappa shape index (κ3) is 2.58. The van der Waals surface area contributed by atoms with Crippen molar-refractivity contribution in [1.82, 2.24) is 0 Å². The Morgan fingerprint density at radius 1 is 2.00 bits per heavy atom. The lowest BCUT2D eigenvalue weighted by Gasteiger charge is -1.46. The fourth-order valence-corrected chi connectivity index (χ4v) is 0. The Bertz CT molecular complexity index is 22.0. The predicted molar refractivity (Wildman–Crippen MR) is 21.4 cm³/mol. The standard InChI is InChI=1S/CH2BrOP/c2-1-4-3/h1H2. The van der Waals surface area contributed by atoms with Crippen molar-refractivity contribution in [2.75, 3.05) is 5.07 Å². The third-order valence-electron chi connectivity index (χ3n) is 0.0488. The van der Waals surface area contributed by atoms with E-state index < -0.39 is 0 Å². The Morgan fingerprint density at radius 2 is 2.25 bits per heavy atom. The molecule has 0 aliphatic rings. The lowest BCUT2D eigenvalue weighted by molar-refractivity contribution is 0.601. The molecular weight excluding hydrogens is 139 g/mol. The van der Waals surface area contributed by atoms with Gasteiger partial charge in [-0.3, -0.25) is 4.57 Å². The zero-order valence-electron chi connectivity index (χ0n) is 1.94. The molecule has 0 heterocycles. The van der Waals surface area contributed by atoms with Crippen molar-refractivity contribution in [1.29, 1.82) is 0 Å². The van der Waals surface area contributed by atoms with Crippen LogP contribution in [0.25, 0.3) is 0 Å². The molecule has 0 aliphatic heterocycles. The smallest absolute Gasteiger partial charge is 0.166 e. The molecule has 1 nitrogen and oxygen atoms in total. The summed E-state index contributed by atoms with van der Waals surface area (Å²) in [4.78, 5) is 0. The highest BCUT2D eigenvalue weighted by Crippen LogP contribution is 1.93. The Balaban J connectivity index is 2.30. The number of halogens is 1. The van der Waals surface area contributed by atoms with E-state index in [1.165, 1.54) is 0 Å². The van der Waals surface area contributed by atoms with Gasteiger partial charge < -0.3 is 0 Å². The largest absolute Gasteiger partial charge is 0.274 e. The minimum Gasteiger partial charge on any atom is -0.274 e. The van der Waals surface area contributed by atoms with Gasteiger partial charge in [0, 0.05) is 0 Å². The molecule has 0 unspecified atom stereocenters. The van der Waals surface area contributed by atoms with Crippen molar-refractivity contribution in [3.63, 3.8) is 0 Å². The topological polar surface area (TPSA) is 17.1 Å². The molecule has 0 bridgehead atoms. The summed E-state index contributed by atoms with van der Waals surface area (Å²) in [6.07, 6.45) is 0. The molecule has 0 rings (SSSR count). The van der Waals surface area contributed by atoms with Gasteiger partial charge in [0.05, 0.1) is 5.07 Å². The molecule has 0 aromatic carbocycles. The van der Waals surface area contributed by atoms with Crippen molar-refractivity contribution in [2.45, 2.75) is 0 Å². The van der Waals surface area contributed by atoms with Gasteiger partial charge in [-0.15, -0.1) is 0 Å². The zero-order chi connectivity index (χ0) is 3.41. The Morgan fingerprint density at radius 3 is 2.25 bits per heavy atom. The molecule has 0 N–H and O–H groups in total. The summed E-state index contributed by atoms with van der Waals surface area (Å²) >= 11 is 2.92. The van der Waals surface area contributed by atoms with Gasteiger partial charge in [0.1, 0.15) is 0 Å². The van der Waals surface area contributed by atoms with Crippen molar-refractivity contribution in [2.24, 2.45) is 0 Å². The lowest BCUT2D eigenvalue weighted by Crippen LogP contribution is -1.27. The third-order valence-corrected chi connectivity index (χ3v) is 0.761. The van der Waals surface area contributed by atoms with E-state index in [0.717, 1.165) is 0 Å². The van der Waals surface area contributed by atoms with Gasteiger partial charge in [0.2, 0.25) is 0 Å². The first-order valence-electron chi connectivity index (χ1n) is 0.766. The lowest BCUT2D eigenvalue weighted by atomic mass is 11.9. The molecular formula is CH2BrOP. The molecule has 4 heavy (non-hydrogen) atoms. The second kappa shape index (κ2) is 3.58. The summed E-state index contributed by atoms with van der Waals surface area (Å²) in [7, 11) is 0.165. The number of alkyl halides is 1. The van der Waals surface area contributed by atoms with Gasteiger partial charge in [0.25, 0.3) is 0 Å². The van der Waals surface area contributed by atoms with Gasteiger partial charge in [0.15, 0.2) is 8.46 Å². The van der Waals surface area contributed by atoms with Crippen LogP contribution in [0.4, 0.5) is 0 Å². The Kier molecular flexibility index (Phi) is 4.10. The van der Waals surface area contributed by atoms with Crippen LogP contribution in [0.2, 0.25) is 0 Å². The zero-order valence-corrected chi connectivity index (χ0v) is 4.42. The Hall–Kier alpha value is 0.580. The van der Waals surface area contributed by atoms with Crippen LogP contribution in [0.15, 0.2) is 0 Å². The summed E-state index contributed by atoms with van der Waals surface area (Å²) in [6.45, 7) is 0. The van der Waals surface area contributed by atoms with Crippen LogP contribution in [-0.2, 0) is 4.57 Å². The van der Waals surface area contributed by atoms with Crippen LogP contribution in [0.3, 0.4) is 0 Å². The van der Waals surface area contributed by atoms with E-state index in [2.05, 4.69) is 15.9 Å². The van der Waals surface area contributed by atoms with Crippen molar-refractivity contribution < 1.29 is 4.57 Å². The first kappa shape index (κ1) is 4.58. The molecule has 0 amide bonds.